The van der Waals surface area contributed by atoms with Gasteiger partial charge in [-0.15, -0.1) is 0 Å². The van der Waals surface area contributed by atoms with E-state index in [9.17, 15) is 4.57 Å². The van der Waals surface area contributed by atoms with Gasteiger partial charge < -0.3 is 13.9 Å². The molecule has 2 aromatic carbocycles. The molecular formula is C18H19BrCl2NO3P. The summed E-state index contributed by atoms with van der Waals surface area (Å²) in [7, 11) is -3.63. The minimum atomic E-state index is -3.63. The van der Waals surface area contributed by atoms with E-state index < -0.39 is 12.3 Å². The van der Waals surface area contributed by atoms with E-state index in [-0.39, 0.29) is 19.3 Å². The minimum absolute atomic E-state index is 0.238. The van der Waals surface area contributed by atoms with Crippen LogP contribution in [0.15, 0.2) is 53.0 Å². The standard InChI is InChI=1S/C18H19BrCl2NO3P/c1-3-24-26(23,25-4-2)18(21)17(13-6-5-7-15(20)12-13)22(18)16-10-8-14(19)9-11-16/h5-12,17H,3-4H2,1-2H3. The number of anilines is 1. The van der Waals surface area contributed by atoms with Gasteiger partial charge in [-0.3, -0.25) is 4.57 Å². The molecule has 1 saturated heterocycles. The first kappa shape index (κ1) is 20.2. The van der Waals surface area contributed by atoms with Crippen LogP contribution in [0.1, 0.15) is 25.5 Å². The molecule has 2 unspecified atom stereocenters. The van der Waals surface area contributed by atoms with Gasteiger partial charge in [0.1, 0.15) is 6.04 Å². The van der Waals surface area contributed by atoms with E-state index in [4.69, 9.17) is 32.2 Å². The second-order valence-corrected chi connectivity index (χ2v) is 10.2. The zero-order valence-corrected chi connectivity index (χ0v) is 18.4. The van der Waals surface area contributed by atoms with Gasteiger partial charge in [0.05, 0.1) is 13.2 Å². The van der Waals surface area contributed by atoms with Crippen LogP contribution in [-0.4, -0.2) is 18.0 Å². The molecule has 140 valence electrons. The quantitative estimate of drug-likeness (QED) is 0.189. The fourth-order valence-corrected chi connectivity index (χ4v) is 6.31. The summed E-state index contributed by atoms with van der Waals surface area (Å²) in [6.45, 7) is 4.02. The van der Waals surface area contributed by atoms with Crippen molar-refractivity contribution in [3.8, 4) is 0 Å². The average molecular weight is 479 g/mol. The lowest BCUT2D eigenvalue weighted by Crippen LogP contribution is -2.16. The molecule has 0 amide bonds. The molecule has 1 aliphatic rings. The Morgan fingerprint density at radius 1 is 1.15 bits per heavy atom. The van der Waals surface area contributed by atoms with E-state index >= 15 is 0 Å². The lowest BCUT2D eigenvalue weighted by atomic mass is 10.1. The molecule has 0 aliphatic carbocycles. The Kier molecular flexibility index (Phi) is 6.08. The van der Waals surface area contributed by atoms with E-state index in [1.165, 1.54) is 0 Å². The summed E-state index contributed by atoms with van der Waals surface area (Å²) in [5, 5.41) is 0.590. The smallest absolute Gasteiger partial charge is 0.329 e. The predicted molar refractivity (Wildman–Crippen MR) is 110 cm³/mol. The lowest BCUT2D eigenvalue weighted by molar-refractivity contribution is 0.216. The highest BCUT2D eigenvalue weighted by molar-refractivity contribution is 9.10. The molecule has 3 rings (SSSR count). The van der Waals surface area contributed by atoms with Gasteiger partial charge >= 0.3 is 7.60 Å². The Bertz CT molecular complexity index is 825. The minimum Gasteiger partial charge on any atom is -0.329 e. The molecule has 0 radical (unpaired) electrons. The zero-order valence-electron chi connectivity index (χ0n) is 14.4. The highest BCUT2D eigenvalue weighted by Gasteiger charge is 2.75. The normalized spacial score (nSPS) is 22.5. The summed E-state index contributed by atoms with van der Waals surface area (Å²) in [5.74, 6) is 0. The fourth-order valence-electron chi connectivity index (χ4n) is 3.07. The number of rotatable bonds is 7. The molecule has 8 heteroatoms. The van der Waals surface area contributed by atoms with E-state index in [2.05, 4.69) is 15.9 Å². The maximum absolute atomic E-state index is 13.6. The largest absolute Gasteiger partial charge is 0.373 e. The van der Waals surface area contributed by atoms with Crippen LogP contribution in [0.3, 0.4) is 0 Å². The number of benzene rings is 2. The number of nitrogens with zero attached hydrogens (tertiary/aromatic N) is 1. The summed E-state index contributed by atoms with van der Waals surface area (Å²) in [6, 6.07) is 14.6. The maximum atomic E-state index is 13.6. The Morgan fingerprint density at radius 3 is 2.31 bits per heavy atom. The first-order chi connectivity index (χ1) is 12.4. The fraction of sp³-hybridized carbons (Fsp3) is 0.333. The van der Waals surface area contributed by atoms with Crippen LogP contribution in [0.4, 0.5) is 5.69 Å². The lowest BCUT2D eigenvalue weighted by Gasteiger charge is -2.22. The van der Waals surface area contributed by atoms with Crippen molar-refractivity contribution in [1.82, 2.24) is 0 Å². The van der Waals surface area contributed by atoms with E-state index in [1.807, 2.05) is 47.4 Å². The number of hydrogen-bond acceptors (Lipinski definition) is 4. The van der Waals surface area contributed by atoms with Gasteiger partial charge in [-0.05, 0) is 55.8 Å². The molecule has 1 fully saturated rings. The molecular weight excluding hydrogens is 460 g/mol. The van der Waals surface area contributed by atoms with Gasteiger partial charge in [0.15, 0.2) is 0 Å². The topological polar surface area (TPSA) is 38.5 Å². The zero-order chi connectivity index (χ0) is 18.9. The molecule has 0 aromatic heterocycles. The van der Waals surface area contributed by atoms with Gasteiger partial charge in [0.25, 0.3) is 0 Å². The Labute approximate surface area is 172 Å². The third kappa shape index (κ3) is 3.46. The van der Waals surface area contributed by atoms with Gasteiger partial charge in [0.2, 0.25) is 4.74 Å². The van der Waals surface area contributed by atoms with Crippen molar-refractivity contribution < 1.29 is 13.6 Å². The second kappa shape index (κ2) is 7.83. The number of alkyl halides is 1. The van der Waals surface area contributed by atoms with Crippen LogP contribution < -0.4 is 4.90 Å². The van der Waals surface area contributed by atoms with Crippen LogP contribution in [0.2, 0.25) is 5.02 Å². The third-order valence-electron chi connectivity index (χ3n) is 4.13. The molecule has 0 spiro atoms. The maximum Gasteiger partial charge on any atom is 0.373 e. The van der Waals surface area contributed by atoms with Crippen LogP contribution >= 0.6 is 46.7 Å². The summed E-state index contributed by atoms with van der Waals surface area (Å²) in [6.07, 6.45) is 0. The van der Waals surface area contributed by atoms with Crippen molar-refractivity contribution in [1.29, 1.82) is 0 Å². The summed E-state index contributed by atoms with van der Waals surface area (Å²) in [5.41, 5.74) is 1.68. The van der Waals surface area contributed by atoms with Crippen molar-refractivity contribution in [2.45, 2.75) is 24.6 Å². The van der Waals surface area contributed by atoms with E-state index in [0.717, 1.165) is 15.7 Å². The van der Waals surface area contributed by atoms with E-state index in [1.54, 1.807) is 19.9 Å². The van der Waals surface area contributed by atoms with Gasteiger partial charge in [-0.1, -0.05) is 51.3 Å². The molecule has 2 atom stereocenters. The van der Waals surface area contributed by atoms with Gasteiger partial charge in [-0.25, -0.2) is 0 Å². The van der Waals surface area contributed by atoms with Crippen molar-refractivity contribution in [3.63, 3.8) is 0 Å². The second-order valence-electron chi connectivity index (χ2n) is 5.77. The van der Waals surface area contributed by atoms with Crippen LogP contribution in [0.5, 0.6) is 0 Å². The highest BCUT2D eigenvalue weighted by atomic mass is 79.9. The van der Waals surface area contributed by atoms with Crippen molar-refractivity contribution in [2.75, 3.05) is 18.1 Å². The van der Waals surface area contributed by atoms with Crippen LogP contribution in [0, 0.1) is 0 Å². The molecule has 0 saturated carbocycles. The molecule has 4 nitrogen and oxygen atoms in total. The summed E-state index contributed by atoms with van der Waals surface area (Å²) < 4.78 is 24.3. The molecule has 26 heavy (non-hydrogen) atoms. The predicted octanol–water partition coefficient (Wildman–Crippen LogP) is 6.82. The molecule has 1 aliphatic heterocycles. The third-order valence-corrected chi connectivity index (χ3v) is 8.33. The Hall–Kier alpha value is -0.550. The number of halogens is 3. The number of hydrogen-bond donors (Lipinski definition) is 0. The van der Waals surface area contributed by atoms with Gasteiger partial charge in [-0.2, -0.15) is 0 Å². The van der Waals surface area contributed by atoms with Crippen molar-refractivity contribution in [3.05, 3.63) is 63.6 Å². The van der Waals surface area contributed by atoms with E-state index in [0.29, 0.717) is 5.02 Å². The van der Waals surface area contributed by atoms with Crippen LogP contribution in [0.25, 0.3) is 0 Å². The first-order valence-electron chi connectivity index (χ1n) is 8.26. The summed E-state index contributed by atoms with van der Waals surface area (Å²) >= 11 is 16.6. The van der Waals surface area contributed by atoms with Gasteiger partial charge in [0, 0.05) is 15.2 Å². The Balaban J connectivity index is 2.09. The highest BCUT2D eigenvalue weighted by Crippen LogP contribution is 2.79. The molecule has 1 heterocycles. The first-order valence-corrected chi connectivity index (χ1v) is 11.3. The van der Waals surface area contributed by atoms with Crippen LogP contribution in [-0.2, 0) is 13.6 Å². The SMILES string of the molecule is CCOP(=O)(OCC)C1(Cl)C(c2cccc(Cl)c2)N1c1ccc(Br)cc1. The molecule has 0 N–H and O–H groups in total. The van der Waals surface area contributed by atoms with Crippen molar-refractivity contribution in [2.24, 2.45) is 0 Å². The van der Waals surface area contributed by atoms with Crippen molar-refractivity contribution >= 4 is 52.4 Å². The molecule has 2 aromatic rings. The molecule has 0 bridgehead atoms. The monoisotopic (exact) mass is 477 g/mol. The Morgan fingerprint density at radius 2 is 1.77 bits per heavy atom. The average Bonchev–Trinajstić information content (AvgIpc) is 3.24. The summed E-state index contributed by atoms with van der Waals surface area (Å²) in [4.78, 5) is 1.86.